The summed E-state index contributed by atoms with van der Waals surface area (Å²) >= 11 is 0. The third-order valence-corrected chi connectivity index (χ3v) is 5.57. The molecule has 1 aliphatic rings. The minimum absolute atomic E-state index is 0.0785. The first-order valence-corrected chi connectivity index (χ1v) is 9.82. The third-order valence-electron chi connectivity index (χ3n) is 5.57. The molecular formula is C22H34O4. The maximum Gasteiger partial charge on any atom is 0.311 e. The van der Waals surface area contributed by atoms with E-state index in [4.69, 9.17) is 14.2 Å². The summed E-state index contributed by atoms with van der Waals surface area (Å²) in [4.78, 5) is 12.1. The van der Waals surface area contributed by atoms with Crippen molar-refractivity contribution in [2.75, 3.05) is 13.7 Å². The van der Waals surface area contributed by atoms with Crippen LogP contribution < -0.4 is 0 Å². The van der Waals surface area contributed by atoms with E-state index < -0.39 is 0 Å². The van der Waals surface area contributed by atoms with Gasteiger partial charge in [-0.25, -0.2) is 0 Å². The van der Waals surface area contributed by atoms with Gasteiger partial charge in [0.25, 0.3) is 0 Å². The SMILES string of the molecule is CC[C@@H](C(=O)OC)[C@@H]1O[C@@H]([C@@H](C)COCc2ccccc2)[C@@H](C)C[C@@H]1C. The molecule has 0 aliphatic carbocycles. The van der Waals surface area contributed by atoms with Gasteiger partial charge in [0, 0.05) is 5.92 Å². The molecule has 1 fully saturated rings. The number of ether oxygens (including phenoxy) is 3. The van der Waals surface area contributed by atoms with Gasteiger partial charge in [-0.2, -0.15) is 0 Å². The van der Waals surface area contributed by atoms with Gasteiger partial charge in [0.1, 0.15) is 0 Å². The Morgan fingerprint density at radius 1 is 1.19 bits per heavy atom. The molecule has 1 aromatic rings. The maximum absolute atomic E-state index is 12.1. The van der Waals surface area contributed by atoms with Crippen LogP contribution in [-0.4, -0.2) is 31.9 Å². The molecule has 0 spiro atoms. The zero-order valence-electron chi connectivity index (χ0n) is 16.8. The van der Waals surface area contributed by atoms with E-state index in [0.717, 1.165) is 12.8 Å². The second kappa shape index (κ2) is 10.1. The van der Waals surface area contributed by atoms with Crippen molar-refractivity contribution in [2.24, 2.45) is 23.7 Å². The topological polar surface area (TPSA) is 44.8 Å². The molecule has 1 aliphatic heterocycles. The number of methoxy groups -OCH3 is 1. The van der Waals surface area contributed by atoms with Gasteiger partial charge in [-0.3, -0.25) is 4.79 Å². The van der Waals surface area contributed by atoms with Crippen LogP contribution in [0, 0.1) is 23.7 Å². The molecule has 0 bridgehead atoms. The summed E-state index contributed by atoms with van der Waals surface area (Å²) in [6.45, 7) is 9.89. The Labute approximate surface area is 158 Å². The summed E-state index contributed by atoms with van der Waals surface area (Å²) in [6.07, 6.45) is 1.82. The molecule has 4 heteroatoms. The standard InChI is InChI=1S/C22H34O4/c1-6-19(22(23)24-5)21-16(3)12-15(2)20(26-21)17(4)13-25-14-18-10-8-7-9-11-18/h7-11,15-17,19-21H,6,12-14H2,1-5H3/t15-,16-,17-,19+,20+,21+/m0/s1. The van der Waals surface area contributed by atoms with Gasteiger partial charge in [0.15, 0.2) is 0 Å². The fourth-order valence-electron chi connectivity index (χ4n) is 4.21. The number of esters is 1. The van der Waals surface area contributed by atoms with E-state index >= 15 is 0 Å². The molecule has 0 unspecified atom stereocenters. The zero-order valence-corrected chi connectivity index (χ0v) is 16.8. The quantitative estimate of drug-likeness (QED) is 0.640. The van der Waals surface area contributed by atoms with Crippen LogP contribution >= 0.6 is 0 Å². The molecule has 4 nitrogen and oxygen atoms in total. The van der Waals surface area contributed by atoms with Crippen LogP contribution in [0.2, 0.25) is 0 Å². The molecule has 26 heavy (non-hydrogen) atoms. The van der Waals surface area contributed by atoms with Crippen molar-refractivity contribution in [1.29, 1.82) is 0 Å². The molecule has 146 valence electrons. The van der Waals surface area contributed by atoms with Crippen molar-refractivity contribution in [2.45, 2.75) is 59.4 Å². The second-order valence-corrected chi connectivity index (χ2v) is 7.77. The molecule has 1 aromatic carbocycles. The molecule has 0 saturated carbocycles. The molecular weight excluding hydrogens is 328 g/mol. The van der Waals surface area contributed by atoms with Gasteiger partial charge in [0.05, 0.1) is 38.4 Å². The van der Waals surface area contributed by atoms with Crippen LogP contribution in [0.3, 0.4) is 0 Å². The Bertz CT molecular complexity index is 544. The van der Waals surface area contributed by atoms with Crippen LogP contribution in [0.5, 0.6) is 0 Å². The highest BCUT2D eigenvalue weighted by atomic mass is 16.5. The van der Waals surface area contributed by atoms with E-state index in [1.165, 1.54) is 12.7 Å². The van der Waals surface area contributed by atoms with Gasteiger partial charge in [-0.1, -0.05) is 58.0 Å². The highest BCUT2D eigenvalue weighted by Crippen LogP contribution is 2.37. The molecule has 0 aromatic heterocycles. The summed E-state index contributed by atoms with van der Waals surface area (Å²) in [7, 11) is 1.46. The smallest absolute Gasteiger partial charge is 0.311 e. The Hall–Kier alpha value is -1.39. The maximum atomic E-state index is 12.1. The van der Waals surface area contributed by atoms with Crippen LogP contribution in [0.1, 0.15) is 46.1 Å². The number of benzene rings is 1. The van der Waals surface area contributed by atoms with E-state index in [9.17, 15) is 4.79 Å². The van der Waals surface area contributed by atoms with Gasteiger partial charge >= 0.3 is 5.97 Å². The van der Waals surface area contributed by atoms with Crippen LogP contribution in [-0.2, 0) is 25.6 Å². The van der Waals surface area contributed by atoms with Gasteiger partial charge < -0.3 is 14.2 Å². The number of carbonyl (C=O) groups is 1. The van der Waals surface area contributed by atoms with Crippen molar-refractivity contribution in [3.63, 3.8) is 0 Å². The lowest BCUT2D eigenvalue weighted by molar-refractivity contribution is -0.177. The minimum atomic E-state index is -0.192. The average Bonchev–Trinajstić information content (AvgIpc) is 2.64. The van der Waals surface area contributed by atoms with Crippen molar-refractivity contribution in [1.82, 2.24) is 0 Å². The predicted octanol–water partition coefficient (Wildman–Crippen LogP) is 4.47. The summed E-state index contributed by atoms with van der Waals surface area (Å²) in [5.74, 6) is 0.724. The zero-order chi connectivity index (χ0) is 19.1. The van der Waals surface area contributed by atoms with Gasteiger partial charge in [0.2, 0.25) is 0 Å². The summed E-state index contributed by atoms with van der Waals surface area (Å²) < 4.78 is 17.4. The summed E-state index contributed by atoms with van der Waals surface area (Å²) in [5.41, 5.74) is 1.18. The fourth-order valence-corrected chi connectivity index (χ4v) is 4.21. The van der Waals surface area contributed by atoms with Gasteiger partial charge in [-0.15, -0.1) is 0 Å². The van der Waals surface area contributed by atoms with Crippen molar-refractivity contribution >= 4 is 5.97 Å². The van der Waals surface area contributed by atoms with E-state index in [1.54, 1.807) is 0 Å². The van der Waals surface area contributed by atoms with E-state index in [2.05, 4.69) is 32.9 Å². The number of rotatable bonds is 8. The molecule has 2 rings (SSSR count). The Morgan fingerprint density at radius 2 is 1.85 bits per heavy atom. The van der Waals surface area contributed by atoms with Crippen LogP contribution in [0.4, 0.5) is 0 Å². The Kier molecular flexibility index (Phi) is 8.11. The lowest BCUT2D eigenvalue weighted by Gasteiger charge is -2.43. The number of hydrogen-bond donors (Lipinski definition) is 0. The Morgan fingerprint density at radius 3 is 2.46 bits per heavy atom. The van der Waals surface area contributed by atoms with E-state index in [1.807, 2.05) is 25.1 Å². The normalized spacial score (nSPS) is 28.3. The van der Waals surface area contributed by atoms with Crippen molar-refractivity contribution in [3.8, 4) is 0 Å². The Balaban J connectivity index is 1.94. The lowest BCUT2D eigenvalue weighted by atomic mass is 9.77. The first-order valence-electron chi connectivity index (χ1n) is 9.82. The molecule has 1 heterocycles. The highest BCUT2D eigenvalue weighted by molar-refractivity contribution is 5.73. The molecule has 1 saturated heterocycles. The number of carbonyl (C=O) groups excluding carboxylic acids is 1. The molecule has 0 radical (unpaired) electrons. The fraction of sp³-hybridized carbons (Fsp3) is 0.682. The third kappa shape index (κ3) is 5.31. The first-order chi connectivity index (χ1) is 12.5. The monoisotopic (exact) mass is 362 g/mol. The first kappa shape index (κ1) is 20.9. The summed E-state index contributed by atoms with van der Waals surface area (Å²) in [6, 6.07) is 10.2. The summed E-state index contributed by atoms with van der Waals surface area (Å²) in [5, 5.41) is 0. The molecule has 0 N–H and O–H groups in total. The lowest BCUT2D eigenvalue weighted by Crippen LogP contribution is -2.48. The average molecular weight is 363 g/mol. The van der Waals surface area contributed by atoms with E-state index in [-0.39, 0.29) is 30.0 Å². The largest absolute Gasteiger partial charge is 0.469 e. The van der Waals surface area contributed by atoms with Crippen molar-refractivity contribution in [3.05, 3.63) is 35.9 Å². The minimum Gasteiger partial charge on any atom is -0.469 e. The van der Waals surface area contributed by atoms with E-state index in [0.29, 0.717) is 25.0 Å². The number of hydrogen-bond acceptors (Lipinski definition) is 4. The molecule has 0 amide bonds. The van der Waals surface area contributed by atoms with Crippen molar-refractivity contribution < 1.29 is 19.0 Å². The van der Waals surface area contributed by atoms with Crippen LogP contribution in [0.15, 0.2) is 30.3 Å². The van der Waals surface area contributed by atoms with Gasteiger partial charge in [-0.05, 0) is 30.2 Å². The van der Waals surface area contributed by atoms with Crippen LogP contribution in [0.25, 0.3) is 0 Å². The second-order valence-electron chi connectivity index (χ2n) is 7.77. The highest BCUT2D eigenvalue weighted by Gasteiger charge is 2.42. The molecule has 6 atom stereocenters. The predicted molar refractivity (Wildman–Crippen MR) is 103 cm³/mol.